The molecule has 7 rings (SSSR count). The molecule has 0 unspecified atom stereocenters. The Kier molecular flexibility index (Phi) is 9.80. The summed E-state index contributed by atoms with van der Waals surface area (Å²) >= 11 is 0. The average molecular weight is 703 g/mol. The molecule has 0 aliphatic heterocycles. The zero-order valence-corrected chi connectivity index (χ0v) is 33.2. The summed E-state index contributed by atoms with van der Waals surface area (Å²) in [5.74, 6) is 3.95. The van der Waals surface area contributed by atoms with Gasteiger partial charge >= 0.3 is 0 Å². The molecule has 272 valence electrons. The van der Waals surface area contributed by atoms with Gasteiger partial charge < -0.3 is 4.74 Å². The van der Waals surface area contributed by atoms with E-state index in [1.807, 2.05) is 29.1 Å². The third-order valence-electron chi connectivity index (χ3n) is 10.1. The van der Waals surface area contributed by atoms with Crippen LogP contribution in [0, 0.1) is 18.8 Å². The van der Waals surface area contributed by atoms with Crippen LogP contribution in [0.15, 0.2) is 104 Å². The van der Waals surface area contributed by atoms with Crippen LogP contribution in [-0.4, -0.2) is 19.3 Å². The van der Waals surface area contributed by atoms with E-state index < -0.39 is 0 Å². The molecule has 0 fully saturated rings. The van der Waals surface area contributed by atoms with Gasteiger partial charge in [0.05, 0.1) is 22.9 Å². The average Bonchev–Trinajstić information content (AvgIpc) is 3.71. The highest BCUT2D eigenvalue weighted by Gasteiger charge is 2.29. The molecule has 3 aromatic heterocycles. The van der Waals surface area contributed by atoms with Crippen LogP contribution in [0.5, 0.6) is 11.5 Å². The van der Waals surface area contributed by atoms with E-state index in [1.165, 1.54) is 44.2 Å². The lowest BCUT2D eigenvalue weighted by Crippen LogP contribution is -2.21. The molecule has 53 heavy (non-hydrogen) atoms. The second-order valence-electron chi connectivity index (χ2n) is 17.0. The molecule has 0 bridgehead atoms. The Morgan fingerprint density at radius 3 is 2.19 bits per heavy atom. The van der Waals surface area contributed by atoms with Crippen LogP contribution >= 0.6 is 0 Å². The Labute approximate surface area is 315 Å². The number of fused-ring (bicyclic) bond motifs is 3. The Bertz CT molecular complexity index is 2420. The Morgan fingerprint density at radius 1 is 0.736 bits per heavy atom. The predicted octanol–water partition coefficient (Wildman–Crippen LogP) is 13.0. The summed E-state index contributed by atoms with van der Waals surface area (Å²) in [4.78, 5) is 4.74. The number of rotatable bonds is 10. The molecule has 0 saturated carbocycles. The Morgan fingerprint density at radius 2 is 1.47 bits per heavy atom. The van der Waals surface area contributed by atoms with E-state index in [1.54, 1.807) is 0 Å². The highest BCUT2D eigenvalue weighted by atomic mass is 16.5. The number of aryl methyl sites for hydroxylation is 1. The summed E-state index contributed by atoms with van der Waals surface area (Å²) < 4.78 is 10.8. The normalized spacial score (nSPS) is 12.2. The van der Waals surface area contributed by atoms with Crippen molar-refractivity contribution in [1.29, 1.82) is 0 Å². The lowest BCUT2D eigenvalue weighted by molar-refractivity contribution is 0.483. The number of nitrogens with zero attached hydrogens (tertiary/aromatic N) is 4. The minimum absolute atomic E-state index is 0.0335. The van der Waals surface area contributed by atoms with Gasteiger partial charge in [-0.25, -0.2) is 9.67 Å². The molecule has 0 spiro atoms. The molecule has 0 amide bonds. The van der Waals surface area contributed by atoms with Gasteiger partial charge in [0.2, 0.25) is 0 Å². The third-order valence-corrected chi connectivity index (χ3v) is 10.1. The monoisotopic (exact) mass is 702 g/mol. The van der Waals surface area contributed by atoms with E-state index in [4.69, 9.17) is 14.8 Å². The maximum absolute atomic E-state index is 6.59. The van der Waals surface area contributed by atoms with Crippen LogP contribution in [0.1, 0.15) is 96.0 Å². The quantitative estimate of drug-likeness (QED) is 0.142. The van der Waals surface area contributed by atoms with Gasteiger partial charge in [-0.2, -0.15) is 5.10 Å². The molecule has 0 N–H and O–H groups in total. The minimum atomic E-state index is -0.0335. The number of aromatic nitrogens is 4. The van der Waals surface area contributed by atoms with Gasteiger partial charge in [-0.3, -0.25) is 4.57 Å². The Balaban J connectivity index is 1.28. The molecule has 0 aliphatic rings. The predicted molar refractivity (Wildman–Crippen MR) is 222 cm³/mol. The van der Waals surface area contributed by atoms with Gasteiger partial charge in [0.1, 0.15) is 17.3 Å². The van der Waals surface area contributed by atoms with Crippen molar-refractivity contribution >= 4 is 21.8 Å². The van der Waals surface area contributed by atoms with Crippen LogP contribution in [0.4, 0.5) is 0 Å². The number of para-hydroxylation sites is 1. The van der Waals surface area contributed by atoms with E-state index in [0.717, 1.165) is 52.4 Å². The number of benzene rings is 4. The zero-order chi connectivity index (χ0) is 37.6. The van der Waals surface area contributed by atoms with Crippen LogP contribution < -0.4 is 4.74 Å². The SMILES string of the molecule is Cc1ccnc(-n2c3ccccc3c3ccc(Oc4cccc(-n5cc(-c6c(C(C)C)cc(CC(C)C)c(CC(C)C)c6C(C)(C)C)cn5)c4)cc32)c1. The van der Waals surface area contributed by atoms with E-state index in [-0.39, 0.29) is 5.41 Å². The van der Waals surface area contributed by atoms with Crippen LogP contribution in [-0.2, 0) is 18.3 Å². The molecule has 0 aliphatic carbocycles. The molecule has 0 atom stereocenters. The van der Waals surface area contributed by atoms with Crippen molar-refractivity contribution < 1.29 is 4.74 Å². The van der Waals surface area contributed by atoms with Gasteiger partial charge in [0.25, 0.3) is 0 Å². The first-order chi connectivity index (χ1) is 25.3. The second-order valence-corrected chi connectivity index (χ2v) is 17.0. The summed E-state index contributed by atoms with van der Waals surface area (Å²) in [7, 11) is 0. The third kappa shape index (κ3) is 7.27. The van der Waals surface area contributed by atoms with Crippen LogP contribution in [0.2, 0.25) is 0 Å². The van der Waals surface area contributed by atoms with Crippen molar-refractivity contribution in [3.8, 4) is 34.1 Å². The van der Waals surface area contributed by atoms with Crippen LogP contribution in [0.25, 0.3) is 44.4 Å². The van der Waals surface area contributed by atoms with Crippen molar-refractivity contribution in [1.82, 2.24) is 19.3 Å². The van der Waals surface area contributed by atoms with Crippen molar-refractivity contribution in [2.24, 2.45) is 11.8 Å². The molecule has 5 heteroatoms. The first-order valence-corrected chi connectivity index (χ1v) is 19.3. The smallest absolute Gasteiger partial charge is 0.137 e. The van der Waals surface area contributed by atoms with Gasteiger partial charge in [-0.05, 0) is 119 Å². The van der Waals surface area contributed by atoms with Crippen molar-refractivity contribution in [2.45, 2.75) is 93.4 Å². The standard InChI is InChI=1S/C48H54N4O/c1-30(2)22-34-25-41(32(5)6)46(47(48(8,9)10)42(34)23-31(3)4)35-28-50-51(29-35)36-14-13-15-37(26-36)53-38-18-19-40-39-16-11-12-17-43(39)52(44(40)27-38)45-24-33(7)20-21-49-45/h11-21,24-32H,22-23H2,1-10H3. The lowest BCUT2D eigenvalue weighted by atomic mass is 9.72. The molecular formula is C48H54N4O. The fourth-order valence-corrected chi connectivity index (χ4v) is 7.98. The topological polar surface area (TPSA) is 44.9 Å². The highest BCUT2D eigenvalue weighted by Crippen LogP contribution is 2.44. The Hall–Kier alpha value is -5.16. The first-order valence-electron chi connectivity index (χ1n) is 19.3. The fraction of sp³-hybridized carbons (Fsp3) is 0.333. The van der Waals surface area contributed by atoms with Gasteiger partial charge in [-0.15, -0.1) is 0 Å². The first kappa shape index (κ1) is 36.2. The van der Waals surface area contributed by atoms with Crippen molar-refractivity contribution in [3.63, 3.8) is 0 Å². The summed E-state index contributed by atoms with van der Waals surface area (Å²) in [6, 6.07) is 29.7. The maximum atomic E-state index is 6.59. The minimum Gasteiger partial charge on any atom is -0.457 e. The fourth-order valence-electron chi connectivity index (χ4n) is 7.98. The summed E-state index contributed by atoms with van der Waals surface area (Å²) in [6.45, 7) is 23.2. The molecule has 5 nitrogen and oxygen atoms in total. The van der Waals surface area contributed by atoms with Gasteiger partial charge in [-0.1, -0.05) is 92.6 Å². The molecule has 0 radical (unpaired) electrons. The largest absolute Gasteiger partial charge is 0.457 e. The van der Waals surface area contributed by atoms with Gasteiger partial charge in [0.15, 0.2) is 0 Å². The molecular weight excluding hydrogens is 649 g/mol. The maximum Gasteiger partial charge on any atom is 0.137 e. The highest BCUT2D eigenvalue weighted by molar-refractivity contribution is 6.09. The summed E-state index contributed by atoms with van der Waals surface area (Å²) in [5.41, 5.74) is 12.7. The molecule has 0 saturated heterocycles. The van der Waals surface area contributed by atoms with E-state index >= 15 is 0 Å². The molecule has 3 heterocycles. The summed E-state index contributed by atoms with van der Waals surface area (Å²) in [5, 5.41) is 7.32. The number of hydrogen-bond acceptors (Lipinski definition) is 3. The van der Waals surface area contributed by atoms with E-state index in [9.17, 15) is 0 Å². The molecule has 7 aromatic rings. The van der Waals surface area contributed by atoms with Crippen molar-refractivity contribution in [3.05, 3.63) is 131 Å². The van der Waals surface area contributed by atoms with E-state index in [2.05, 4.69) is 153 Å². The van der Waals surface area contributed by atoms with Gasteiger partial charge in [0, 0.05) is 40.9 Å². The van der Waals surface area contributed by atoms with E-state index in [0.29, 0.717) is 17.8 Å². The van der Waals surface area contributed by atoms with Crippen LogP contribution in [0.3, 0.4) is 0 Å². The second kappa shape index (κ2) is 14.3. The van der Waals surface area contributed by atoms with Crippen molar-refractivity contribution in [2.75, 3.05) is 0 Å². The molecule has 4 aromatic carbocycles. The zero-order valence-electron chi connectivity index (χ0n) is 33.2. The number of hydrogen-bond donors (Lipinski definition) is 0. The lowest BCUT2D eigenvalue weighted by Gasteiger charge is -2.32. The number of ether oxygens (including phenoxy) is 1. The summed E-state index contributed by atoms with van der Waals surface area (Å²) in [6.07, 6.45) is 8.29. The number of pyridine rings is 1.